The number of nitriles is 1. The van der Waals surface area contributed by atoms with E-state index in [0.29, 0.717) is 10.6 Å². The average molecular weight is 256 g/mol. The summed E-state index contributed by atoms with van der Waals surface area (Å²) in [5.74, 6) is 0. The second kappa shape index (κ2) is 5.26. The van der Waals surface area contributed by atoms with Crippen LogP contribution in [0.25, 0.3) is 0 Å². The summed E-state index contributed by atoms with van der Waals surface area (Å²) in [6.07, 6.45) is 0. The maximum atomic E-state index is 10.2. The highest BCUT2D eigenvalue weighted by Gasteiger charge is 2.17. The first-order valence-corrected chi connectivity index (χ1v) is 5.94. The summed E-state index contributed by atoms with van der Waals surface area (Å²) in [6.45, 7) is 1.20. The molecule has 0 spiro atoms. The van der Waals surface area contributed by atoms with Gasteiger partial charge in [0.25, 0.3) is 0 Å². The van der Waals surface area contributed by atoms with Crippen LogP contribution in [0.5, 0.6) is 0 Å². The Hall–Kier alpha value is -1.76. The predicted octanol–water partition coefficient (Wildman–Crippen LogP) is 1.62. The van der Waals surface area contributed by atoms with Crippen LogP contribution in [0.2, 0.25) is 5.02 Å². The van der Waals surface area contributed by atoms with E-state index in [1.807, 2.05) is 13.0 Å². The van der Waals surface area contributed by atoms with E-state index in [0.717, 1.165) is 16.5 Å². The van der Waals surface area contributed by atoms with E-state index in [9.17, 15) is 5.02 Å². The molecular weight excluding hydrogens is 244 g/mol. The van der Waals surface area contributed by atoms with Crippen molar-refractivity contribution in [1.29, 1.82) is 5.26 Å². The number of rotatable bonds is 2. The Balaban J connectivity index is 2.32. The molecule has 0 heterocycles. The van der Waals surface area contributed by atoms with Gasteiger partial charge in [-0.2, -0.15) is 5.26 Å². The number of nitrogens with zero attached hydrogens (tertiary/aromatic N) is 1. The third kappa shape index (κ3) is 2.56. The zero-order valence-electron chi connectivity index (χ0n) is 9.89. The molecule has 0 saturated carbocycles. The molecule has 0 radical (unpaired) electrons. The maximum absolute atomic E-state index is 10.2. The van der Waals surface area contributed by atoms with E-state index in [1.165, 1.54) is 0 Å². The van der Waals surface area contributed by atoms with E-state index >= 15 is 0 Å². The Bertz CT molecular complexity index is 604. The van der Waals surface area contributed by atoms with Gasteiger partial charge in [-0.05, 0) is 41.6 Å². The Morgan fingerprint density at radius 2 is 1.72 bits per heavy atom. The van der Waals surface area contributed by atoms with Crippen molar-refractivity contribution >= 4 is 29.4 Å². The highest BCUT2D eigenvalue weighted by atomic mass is 35.5. The Kier molecular flexibility index (Phi) is 3.71. The van der Waals surface area contributed by atoms with Gasteiger partial charge in [0.1, 0.15) is 0 Å². The molecule has 0 fully saturated rings. The van der Waals surface area contributed by atoms with E-state index in [2.05, 4.69) is 6.07 Å². The zero-order valence-corrected chi connectivity index (χ0v) is 10.6. The molecule has 0 aromatic heterocycles. The molecule has 1 N–H and O–H groups in total. The predicted molar refractivity (Wildman–Crippen MR) is 74.6 cm³/mol. The monoisotopic (exact) mass is 255 g/mol. The number of halogens is 1. The summed E-state index contributed by atoms with van der Waals surface area (Å²) in [6, 6.07) is 14.4. The zero-order chi connectivity index (χ0) is 13.1. The van der Waals surface area contributed by atoms with Gasteiger partial charge >= 0.3 is 6.92 Å². The minimum absolute atomic E-state index is 0.582. The van der Waals surface area contributed by atoms with Crippen molar-refractivity contribution in [1.82, 2.24) is 0 Å². The van der Waals surface area contributed by atoms with Crippen molar-refractivity contribution in [3.8, 4) is 6.07 Å². The molecule has 0 aliphatic heterocycles. The summed E-state index contributed by atoms with van der Waals surface area (Å²) >= 11 is 5.95. The average Bonchev–Trinajstić information content (AvgIpc) is 2.41. The van der Waals surface area contributed by atoms with Crippen molar-refractivity contribution in [2.45, 2.75) is 6.92 Å². The molecule has 2 aromatic carbocycles. The van der Waals surface area contributed by atoms with Gasteiger partial charge in [0.2, 0.25) is 0 Å². The molecule has 0 aliphatic rings. The van der Waals surface area contributed by atoms with Crippen molar-refractivity contribution in [3.63, 3.8) is 0 Å². The van der Waals surface area contributed by atoms with Gasteiger partial charge < -0.3 is 5.02 Å². The summed E-state index contributed by atoms with van der Waals surface area (Å²) in [7, 11) is 0. The van der Waals surface area contributed by atoms with Crippen LogP contribution in [0.3, 0.4) is 0 Å². The molecule has 2 rings (SSSR count). The quantitative estimate of drug-likeness (QED) is 0.829. The minimum Gasteiger partial charge on any atom is -0.443 e. The maximum Gasteiger partial charge on any atom is 0.358 e. The summed E-state index contributed by atoms with van der Waals surface area (Å²) < 4.78 is 0. The second-order valence-electron chi connectivity index (χ2n) is 4.14. The van der Waals surface area contributed by atoms with Crippen LogP contribution < -0.4 is 10.9 Å². The van der Waals surface area contributed by atoms with E-state index in [1.54, 1.807) is 36.4 Å². The molecule has 0 atom stereocenters. The van der Waals surface area contributed by atoms with E-state index < -0.39 is 6.92 Å². The molecule has 0 unspecified atom stereocenters. The Morgan fingerprint density at radius 1 is 1.11 bits per heavy atom. The normalized spacial score (nSPS) is 9.89. The van der Waals surface area contributed by atoms with Gasteiger partial charge in [0.15, 0.2) is 0 Å². The molecule has 4 heteroatoms. The summed E-state index contributed by atoms with van der Waals surface area (Å²) in [5, 5.41) is 19.7. The number of hydrogen-bond donors (Lipinski definition) is 1. The largest absolute Gasteiger partial charge is 0.443 e. The van der Waals surface area contributed by atoms with Gasteiger partial charge in [-0.15, -0.1) is 0 Å². The fourth-order valence-corrected chi connectivity index (χ4v) is 1.89. The lowest BCUT2D eigenvalue weighted by Crippen LogP contribution is -2.42. The first-order valence-electron chi connectivity index (χ1n) is 5.56. The van der Waals surface area contributed by atoms with E-state index in [4.69, 9.17) is 16.9 Å². The van der Waals surface area contributed by atoms with Gasteiger partial charge in [-0.3, -0.25) is 0 Å². The van der Waals surface area contributed by atoms with Crippen molar-refractivity contribution in [2.75, 3.05) is 0 Å². The lowest BCUT2D eigenvalue weighted by Gasteiger charge is -2.09. The molecular formula is C14H11BClNO. The van der Waals surface area contributed by atoms with Crippen molar-refractivity contribution in [2.24, 2.45) is 0 Å². The molecule has 0 aliphatic carbocycles. The molecule has 0 saturated heterocycles. The molecule has 0 bridgehead atoms. The minimum atomic E-state index is -0.700. The first-order chi connectivity index (χ1) is 8.61. The molecule has 0 amide bonds. The van der Waals surface area contributed by atoms with Gasteiger partial charge in [0, 0.05) is 5.02 Å². The van der Waals surface area contributed by atoms with Crippen LogP contribution in [0.15, 0.2) is 42.5 Å². The molecule has 88 valence electrons. The standard InChI is InChI=1S/C14H11BClNO/c1-10-8-13(6-7-14(10)16)15(18)12-4-2-11(9-17)3-5-12/h2-8,18H,1H3. The number of aryl methyl sites for hydroxylation is 1. The third-order valence-corrected chi connectivity index (χ3v) is 3.28. The molecule has 2 nitrogen and oxygen atoms in total. The highest BCUT2D eigenvalue weighted by molar-refractivity contribution is 6.78. The Morgan fingerprint density at radius 3 is 2.28 bits per heavy atom. The molecule has 2 aromatic rings. The summed E-state index contributed by atoms with van der Waals surface area (Å²) in [5.41, 5.74) is 3.07. The SMILES string of the molecule is Cc1cc(B(O)c2ccc(C#N)cc2)ccc1Cl. The Labute approximate surface area is 112 Å². The topological polar surface area (TPSA) is 44.0 Å². The van der Waals surface area contributed by atoms with Crippen molar-refractivity contribution in [3.05, 3.63) is 58.6 Å². The third-order valence-electron chi connectivity index (χ3n) is 2.85. The van der Waals surface area contributed by atoms with Crippen LogP contribution in [0.1, 0.15) is 11.1 Å². The van der Waals surface area contributed by atoms with Gasteiger partial charge in [-0.1, -0.05) is 35.9 Å². The number of hydrogen-bond acceptors (Lipinski definition) is 2. The molecule has 18 heavy (non-hydrogen) atoms. The lowest BCUT2D eigenvalue weighted by molar-refractivity contribution is 0.600. The van der Waals surface area contributed by atoms with Crippen LogP contribution >= 0.6 is 11.6 Å². The first kappa shape index (κ1) is 12.7. The van der Waals surface area contributed by atoms with Gasteiger partial charge in [-0.25, -0.2) is 0 Å². The van der Waals surface area contributed by atoms with Crippen LogP contribution in [-0.2, 0) is 0 Å². The lowest BCUT2D eigenvalue weighted by atomic mass is 9.56. The van der Waals surface area contributed by atoms with Crippen molar-refractivity contribution < 1.29 is 5.02 Å². The van der Waals surface area contributed by atoms with E-state index in [-0.39, 0.29) is 0 Å². The van der Waals surface area contributed by atoms with Gasteiger partial charge in [0.05, 0.1) is 11.6 Å². The van der Waals surface area contributed by atoms with Crippen LogP contribution in [-0.4, -0.2) is 11.9 Å². The fourth-order valence-electron chi connectivity index (χ4n) is 1.77. The summed E-state index contributed by atoms with van der Waals surface area (Å²) in [4.78, 5) is 0. The smallest absolute Gasteiger partial charge is 0.358 e. The number of benzene rings is 2. The van der Waals surface area contributed by atoms with Crippen LogP contribution in [0, 0.1) is 18.3 Å². The highest BCUT2D eigenvalue weighted by Crippen LogP contribution is 2.12. The second-order valence-corrected chi connectivity index (χ2v) is 4.55. The fraction of sp³-hybridized carbons (Fsp3) is 0.0714. The van der Waals surface area contributed by atoms with Crippen LogP contribution in [0.4, 0.5) is 0 Å².